The van der Waals surface area contributed by atoms with Gasteiger partial charge in [0, 0.05) is 13.1 Å². The molecule has 0 saturated carbocycles. The largest absolute Gasteiger partial charge is 0.491 e. The maximum absolute atomic E-state index is 12.0. The highest BCUT2D eigenvalue weighted by atomic mass is 16.5. The lowest BCUT2D eigenvalue weighted by atomic mass is 10.3. The second-order valence-electron chi connectivity index (χ2n) is 4.26. The number of carbonyl (C=O) groups is 1. The lowest BCUT2D eigenvalue weighted by molar-refractivity contribution is -0.131. The number of amides is 1. The van der Waals surface area contributed by atoms with Crippen LogP contribution < -0.4 is 10.5 Å². The molecule has 4 heteroatoms. The lowest BCUT2D eigenvalue weighted by Crippen LogP contribution is -2.32. The third-order valence-electron chi connectivity index (χ3n) is 2.69. The normalized spacial score (nSPS) is 9.95. The highest BCUT2D eigenvalue weighted by Crippen LogP contribution is 2.19. The van der Waals surface area contributed by atoms with Gasteiger partial charge in [-0.15, -0.1) is 6.58 Å². The third kappa shape index (κ3) is 5.04. The van der Waals surface area contributed by atoms with Crippen molar-refractivity contribution in [3.63, 3.8) is 0 Å². The number of hydrogen-bond donors (Lipinski definition) is 1. The SMILES string of the molecule is C=CCN(CCC)C(=O)CCOc1ccccc1N. The Labute approximate surface area is 114 Å². The van der Waals surface area contributed by atoms with E-state index in [4.69, 9.17) is 10.5 Å². The van der Waals surface area contributed by atoms with Crippen molar-refractivity contribution in [2.45, 2.75) is 19.8 Å². The van der Waals surface area contributed by atoms with E-state index in [0.29, 0.717) is 31.0 Å². The minimum atomic E-state index is 0.0799. The molecule has 2 N–H and O–H groups in total. The number of ether oxygens (including phenoxy) is 1. The summed E-state index contributed by atoms with van der Waals surface area (Å²) in [6.07, 6.45) is 3.03. The molecule has 0 fully saturated rings. The fourth-order valence-electron chi connectivity index (χ4n) is 1.76. The topological polar surface area (TPSA) is 55.6 Å². The standard InChI is InChI=1S/C15H22N2O2/c1-3-10-17(11-4-2)15(18)9-12-19-14-8-6-5-7-13(14)16/h3,5-8H,1,4,9-12,16H2,2H3. The van der Waals surface area contributed by atoms with Crippen molar-refractivity contribution in [2.75, 3.05) is 25.4 Å². The highest BCUT2D eigenvalue weighted by Gasteiger charge is 2.11. The summed E-state index contributed by atoms with van der Waals surface area (Å²) >= 11 is 0. The average Bonchev–Trinajstić information content (AvgIpc) is 2.40. The fourth-order valence-corrected chi connectivity index (χ4v) is 1.76. The maximum Gasteiger partial charge on any atom is 0.226 e. The quantitative estimate of drug-likeness (QED) is 0.578. The van der Waals surface area contributed by atoms with Crippen LogP contribution in [0.1, 0.15) is 19.8 Å². The molecule has 0 spiro atoms. The molecule has 0 saturated heterocycles. The lowest BCUT2D eigenvalue weighted by Gasteiger charge is -2.20. The van der Waals surface area contributed by atoms with Crippen LogP contribution in [0, 0.1) is 0 Å². The molecule has 0 bridgehead atoms. The van der Waals surface area contributed by atoms with Gasteiger partial charge in [-0.1, -0.05) is 25.1 Å². The van der Waals surface area contributed by atoms with Gasteiger partial charge in [0.2, 0.25) is 5.91 Å². The summed E-state index contributed by atoms with van der Waals surface area (Å²) in [7, 11) is 0. The number of para-hydroxylation sites is 2. The number of carbonyl (C=O) groups excluding carboxylic acids is 1. The molecule has 19 heavy (non-hydrogen) atoms. The Bertz CT molecular complexity index is 418. The van der Waals surface area contributed by atoms with Gasteiger partial charge in [0.1, 0.15) is 5.75 Å². The van der Waals surface area contributed by atoms with Crippen LogP contribution in [0.25, 0.3) is 0 Å². The fraction of sp³-hybridized carbons (Fsp3) is 0.400. The molecule has 0 aliphatic carbocycles. The molecule has 0 heterocycles. The van der Waals surface area contributed by atoms with Crippen molar-refractivity contribution in [1.82, 2.24) is 4.90 Å². The van der Waals surface area contributed by atoms with Gasteiger partial charge in [-0.05, 0) is 18.6 Å². The molecular formula is C15H22N2O2. The zero-order chi connectivity index (χ0) is 14.1. The second-order valence-corrected chi connectivity index (χ2v) is 4.26. The molecule has 1 amide bonds. The van der Waals surface area contributed by atoms with Crippen LogP contribution in [-0.4, -0.2) is 30.5 Å². The van der Waals surface area contributed by atoms with Gasteiger partial charge in [-0.2, -0.15) is 0 Å². The van der Waals surface area contributed by atoms with E-state index >= 15 is 0 Å². The first kappa shape index (κ1) is 15.1. The minimum absolute atomic E-state index is 0.0799. The summed E-state index contributed by atoms with van der Waals surface area (Å²) in [6.45, 7) is 7.38. The van der Waals surface area contributed by atoms with E-state index in [1.54, 1.807) is 23.1 Å². The molecule has 1 rings (SSSR count). The van der Waals surface area contributed by atoms with Crippen molar-refractivity contribution in [1.29, 1.82) is 0 Å². The van der Waals surface area contributed by atoms with Gasteiger partial charge in [-0.3, -0.25) is 4.79 Å². The molecule has 0 atom stereocenters. The van der Waals surface area contributed by atoms with E-state index in [9.17, 15) is 4.79 Å². The first-order chi connectivity index (χ1) is 9.19. The molecule has 0 unspecified atom stereocenters. The Kier molecular flexibility index (Phi) is 6.50. The summed E-state index contributed by atoms with van der Waals surface area (Å²) in [5.74, 6) is 0.706. The Morgan fingerprint density at radius 2 is 2.21 bits per heavy atom. The molecule has 0 aliphatic heterocycles. The summed E-state index contributed by atoms with van der Waals surface area (Å²) < 4.78 is 5.52. The van der Waals surface area contributed by atoms with Gasteiger partial charge in [-0.25, -0.2) is 0 Å². The number of hydrogen-bond acceptors (Lipinski definition) is 3. The molecule has 0 aliphatic rings. The number of benzene rings is 1. The summed E-state index contributed by atoms with van der Waals surface area (Å²) in [5.41, 5.74) is 6.35. The van der Waals surface area contributed by atoms with Gasteiger partial charge >= 0.3 is 0 Å². The summed E-state index contributed by atoms with van der Waals surface area (Å²) in [5, 5.41) is 0. The van der Waals surface area contributed by atoms with Crippen LogP contribution in [-0.2, 0) is 4.79 Å². The van der Waals surface area contributed by atoms with E-state index in [0.717, 1.165) is 13.0 Å². The zero-order valence-electron chi connectivity index (χ0n) is 11.5. The monoisotopic (exact) mass is 262 g/mol. The summed E-state index contributed by atoms with van der Waals surface area (Å²) in [4.78, 5) is 13.7. The van der Waals surface area contributed by atoms with E-state index in [1.807, 2.05) is 19.1 Å². The van der Waals surface area contributed by atoms with Gasteiger partial charge in [0.25, 0.3) is 0 Å². The summed E-state index contributed by atoms with van der Waals surface area (Å²) in [6, 6.07) is 7.28. The van der Waals surface area contributed by atoms with Crippen molar-refractivity contribution in [3.05, 3.63) is 36.9 Å². The highest BCUT2D eigenvalue weighted by molar-refractivity contribution is 5.76. The Morgan fingerprint density at radius 3 is 2.84 bits per heavy atom. The maximum atomic E-state index is 12.0. The van der Waals surface area contributed by atoms with Crippen LogP contribution in [0.4, 0.5) is 5.69 Å². The van der Waals surface area contributed by atoms with Crippen LogP contribution in [0.5, 0.6) is 5.75 Å². The molecule has 104 valence electrons. The smallest absolute Gasteiger partial charge is 0.226 e. The van der Waals surface area contributed by atoms with E-state index in [-0.39, 0.29) is 5.91 Å². The van der Waals surface area contributed by atoms with Crippen LogP contribution in [0.2, 0.25) is 0 Å². The second kappa shape index (κ2) is 8.19. The predicted octanol–water partition coefficient (Wildman–Crippen LogP) is 2.46. The van der Waals surface area contributed by atoms with Gasteiger partial charge in [0.05, 0.1) is 18.7 Å². The Hall–Kier alpha value is -1.97. The number of nitrogens with two attached hydrogens (primary N) is 1. The van der Waals surface area contributed by atoms with E-state index in [2.05, 4.69) is 6.58 Å². The van der Waals surface area contributed by atoms with Crippen LogP contribution in [0.15, 0.2) is 36.9 Å². The number of rotatable bonds is 8. The number of nitrogen functional groups attached to an aromatic ring is 1. The van der Waals surface area contributed by atoms with Crippen molar-refractivity contribution in [2.24, 2.45) is 0 Å². The molecule has 0 radical (unpaired) electrons. The Balaban J connectivity index is 2.41. The van der Waals surface area contributed by atoms with Gasteiger partial charge in [0.15, 0.2) is 0 Å². The van der Waals surface area contributed by atoms with Crippen molar-refractivity contribution in [3.8, 4) is 5.75 Å². The number of nitrogens with zero attached hydrogens (tertiary/aromatic N) is 1. The van der Waals surface area contributed by atoms with Crippen molar-refractivity contribution >= 4 is 11.6 Å². The predicted molar refractivity (Wildman–Crippen MR) is 78.0 cm³/mol. The minimum Gasteiger partial charge on any atom is -0.491 e. The molecule has 0 aromatic heterocycles. The molecule has 1 aromatic rings. The van der Waals surface area contributed by atoms with Crippen LogP contribution >= 0.6 is 0 Å². The van der Waals surface area contributed by atoms with E-state index in [1.165, 1.54) is 0 Å². The number of anilines is 1. The van der Waals surface area contributed by atoms with Gasteiger partial charge < -0.3 is 15.4 Å². The molecule has 1 aromatic carbocycles. The first-order valence-corrected chi connectivity index (χ1v) is 6.55. The molecule has 4 nitrogen and oxygen atoms in total. The third-order valence-corrected chi connectivity index (χ3v) is 2.69. The Morgan fingerprint density at radius 1 is 1.47 bits per heavy atom. The van der Waals surface area contributed by atoms with E-state index < -0.39 is 0 Å². The zero-order valence-corrected chi connectivity index (χ0v) is 11.5. The first-order valence-electron chi connectivity index (χ1n) is 6.55. The molecular weight excluding hydrogens is 240 g/mol. The van der Waals surface area contributed by atoms with Crippen LogP contribution in [0.3, 0.4) is 0 Å². The average molecular weight is 262 g/mol. The van der Waals surface area contributed by atoms with Crippen molar-refractivity contribution < 1.29 is 9.53 Å².